The number of nitriles is 1. The van der Waals surface area contributed by atoms with Crippen molar-refractivity contribution in [3.63, 3.8) is 0 Å². The number of hydrogen-bond acceptors (Lipinski definition) is 4. The van der Waals surface area contributed by atoms with E-state index in [9.17, 15) is 9.59 Å². The van der Waals surface area contributed by atoms with Crippen LogP contribution in [0.4, 0.5) is 5.69 Å². The Morgan fingerprint density at radius 1 is 1.55 bits per heavy atom. The molecule has 1 N–H and O–H groups in total. The van der Waals surface area contributed by atoms with E-state index in [0.29, 0.717) is 18.8 Å². The van der Waals surface area contributed by atoms with Gasteiger partial charge in [-0.1, -0.05) is 0 Å². The molecule has 7 nitrogen and oxygen atoms in total. The van der Waals surface area contributed by atoms with Crippen molar-refractivity contribution in [2.45, 2.75) is 27.3 Å². The standard InChI is InChI=1S/C13H19N5O2/c1-4-17(8-10(3)6-14)13(20)12(19)16-11-7-15-18(5-2)9-11/h7,9-10H,4-5,8H2,1-3H3,(H,16,19)/t10-/m0/s1. The minimum Gasteiger partial charge on any atom is -0.333 e. The quantitative estimate of drug-likeness (QED) is 0.808. The normalized spacial score (nSPS) is 11.5. The van der Waals surface area contributed by atoms with Crippen LogP contribution in [0.3, 0.4) is 0 Å². The monoisotopic (exact) mass is 277 g/mol. The molecule has 20 heavy (non-hydrogen) atoms. The highest BCUT2D eigenvalue weighted by Crippen LogP contribution is 2.06. The fourth-order valence-electron chi connectivity index (χ4n) is 1.66. The summed E-state index contributed by atoms with van der Waals surface area (Å²) in [5.74, 6) is -1.67. The van der Waals surface area contributed by atoms with Crippen LogP contribution in [-0.4, -0.2) is 39.6 Å². The third-order valence-corrected chi connectivity index (χ3v) is 2.79. The molecule has 1 aromatic rings. The molecule has 0 aliphatic heterocycles. The molecule has 2 amide bonds. The molecule has 0 fully saturated rings. The maximum absolute atomic E-state index is 12.0. The predicted molar refractivity (Wildman–Crippen MR) is 73.6 cm³/mol. The number of nitrogens with zero attached hydrogens (tertiary/aromatic N) is 4. The van der Waals surface area contributed by atoms with Crippen molar-refractivity contribution in [1.29, 1.82) is 5.26 Å². The Morgan fingerprint density at radius 2 is 2.25 bits per heavy atom. The van der Waals surface area contributed by atoms with Gasteiger partial charge in [0.05, 0.1) is 23.9 Å². The molecule has 1 rings (SSSR count). The van der Waals surface area contributed by atoms with Gasteiger partial charge in [0, 0.05) is 25.8 Å². The topological polar surface area (TPSA) is 91.0 Å². The van der Waals surface area contributed by atoms with E-state index in [1.807, 2.05) is 13.0 Å². The van der Waals surface area contributed by atoms with E-state index in [-0.39, 0.29) is 12.5 Å². The molecule has 1 atom stereocenters. The minimum atomic E-state index is -0.715. The zero-order valence-electron chi connectivity index (χ0n) is 12.0. The van der Waals surface area contributed by atoms with Crippen LogP contribution in [0.5, 0.6) is 0 Å². The van der Waals surface area contributed by atoms with Crippen LogP contribution in [0.25, 0.3) is 0 Å². The molecule has 0 saturated heterocycles. The largest absolute Gasteiger partial charge is 0.333 e. The summed E-state index contributed by atoms with van der Waals surface area (Å²) in [6.07, 6.45) is 3.14. The number of nitrogens with one attached hydrogen (secondary N) is 1. The van der Waals surface area contributed by atoms with Gasteiger partial charge in [-0.2, -0.15) is 10.4 Å². The number of likely N-dealkylation sites (N-methyl/N-ethyl adjacent to an activating group) is 1. The van der Waals surface area contributed by atoms with E-state index in [4.69, 9.17) is 5.26 Å². The first-order chi connectivity index (χ1) is 9.51. The molecule has 108 valence electrons. The molecular formula is C13H19N5O2. The minimum absolute atomic E-state index is 0.244. The van der Waals surface area contributed by atoms with Gasteiger partial charge < -0.3 is 10.2 Å². The van der Waals surface area contributed by atoms with Crippen molar-refractivity contribution in [2.24, 2.45) is 5.92 Å². The highest BCUT2D eigenvalue weighted by atomic mass is 16.2. The predicted octanol–water partition coefficient (Wildman–Crippen LogP) is 0.850. The lowest BCUT2D eigenvalue weighted by Crippen LogP contribution is -2.41. The van der Waals surface area contributed by atoms with E-state index in [1.165, 1.54) is 11.1 Å². The Morgan fingerprint density at radius 3 is 2.75 bits per heavy atom. The molecule has 0 radical (unpaired) electrons. The molecule has 0 aliphatic rings. The number of carbonyl (C=O) groups is 2. The highest BCUT2D eigenvalue weighted by Gasteiger charge is 2.22. The number of anilines is 1. The third kappa shape index (κ3) is 4.09. The van der Waals surface area contributed by atoms with Crippen LogP contribution < -0.4 is 5.32 Å². The van der Waals surface area contributed by atoms with Gasteiger partial charge in [-0.25, -0.2) is 0 Å². The van der Waals surface area contributed by atoms with Crippen molar-refractivity contribution in [3.05, 3.63) is 12.4 Å². The van der Waals surface area contributed by atoms with Gasteiger partial charge >= 0.3 is 11.8 Å². The summed E-state index contributed by atoms with van der Waals surface area (Å²) in [5, 5.41) is 15.3. The Balaban J connectivity index is 2.65. The maximum atomic E-state index is 12.0. The zero-order valence-corrected chi connectivity index (χ0v) is 12.0. The lowest BCUT2D eigenvalue weighted by molar-refractivity contribution is -0.143. The summed E-state index contributed by atoms with van der Waals surface area (Å²) < 4.78 is 1.65. The van der Waals surface area contributed by atoms with Crippen LogP contribution in [0.15, 0.2) is 12.4 Å². The first-order valence-corrected chi connectivity index (χ1v) is 6.54. The van der Waals surface area contributed by atoms with Gasteiger partial charge in [0.15, 0.2) is 0 Å². The first-order valence-electron chi connectivity index (χ1n) is 6.54. The Kier molecular flexibility index (Phi) is 5.72. The summed E-state index contributed by atoms with van der Waals surface area (Å²) in [5.41, 5.74) is 0.481. The third-order valence-electron chi connectivity index (χ3n) is 2.79. The van der Waals surface area contributed by atoms with Gasteiger partial charge in [0.1, 0.15) is 0 Å². The highest BCUT2D eigenvalue weighted by molar-refractivity contribution is 6.39. The zero-order chi connectivity index (χ0) is 15.1. The molecule has 0 saturated carbocycles. The van der Waals surface area contributed by atoms with Crippen LogP contribution >= 0.6 is 0 Å². The Bertz CT molecular complexity index is 517. The van der Waals surface area contributed by atoms with Crippen LogP contribution in [0, 0.1) is 17.2 Å². The molecule has 7 heteroatoms. The van der Waals surface area contributed by atoms with Crippen molar-refractivity contribution in [3.8, 4) is 6.07 Å². The van der Waals surface area contributed by atoms with Gasteiger partial charge in [0.25, 0.3) is 0 Å². The average molecular weight is 277 g/mol. The number of amides is 2. The first kappa shape index (κ1) is 15.7. The van der Waals surface area contributed by atoms with E-state index in [2.05, 4.69) is 10.4 Å². The number of carbonyl (C=O) groups excluding carboxylic acids is 2. The van der Waals surface area contributed by atoms with Gasteiger partial charge in [-0.05, 0) is 20.8 Å². The molecule has 0 spiro atoms. The molecule has 0 unspecified atom stereocenters. The molecule has 1 heterocycles. The van der Waals surface area contributed by atoms with Crippen LogP contribution in [0.2, 0.25) is 0 Å². The van der Waals surface area contributed by atoms with E-state index >= 15 is 0 Å². The smallest absolute Gasteiger partial charge is 0.313 e. The van der Waals surface area contributed by atoms with Gasteiger partial charge in [0.2, 0.25) is 0 Å². The average Bonchev–Trinajstić information content (AvgIpc) is 2.91. The molecule has 0 aliphatic carbocycles. The van der Waals surface area contributed by atoms with Crippen molar-refractivity contribution < 1.29 is 9.59 Å². The van der Waals surface area contributed by atoms with E-state index in [0.717, 1.165) is 0 Å². The van der Waals surface area contributed by atoms with Crippen molar-refractivity contribution in [2.75, 3.05) is 18.4 Å². The number of rotatable bonds is 5. The summed E-state index contributed by atoms with van der Waals surface area (Å²) in [6.45, 7) is 6.71. The second-order valence-corrected chi connectivity index (χ2v) is 4.41. The summed E-state index contributed by atoms with van der Waals surface area (Å²) in [7, 11) is 0. The van der Waals surface area contributed by atoms with Gasteiger partial charge in [-0.15, -0.1) is 0 Å². The maximum Gasteiger partial charge on any atom is 0.313 e. The summed E-state index contributed by atoms with van der Waals surface area (Å²) in [4.78, 5) is 25.2. The van der Waals surface area contributed by atoms with Crippen molar-refractivity contribution in [1.82, 2.24) is 14.7 Å². The SMILES string of the molecule is CCN(C[C@@H](C)C#N)C(=O)C(=O)Nc1cnn(CC)c1. The fourth-order valence-corrected chi connectivity index (χ4v) is 1.66. The van der Waals surface area contributed by atoms with Crippen LogP contribution in [0.1, 0.15) is 20.8 Å². The van der Waals surface area contributed by atoms with Gasteiger partial charge in [-0.3, -0.25) is 14.3 Å². The lowest BCUT2D eigenvalue weighted by Gasteiger charge is -2.20. The number of aryl methyl sites for hydroxylation is 1. The van der Waals surface area contributed by atoms with Crippen LogP contribution in [-0.2, 0) is 16.1 Å². The number of aromatic nitrogens is 2. The summed E-state index contributed by atoms with van der Waals surface area (Å²) >= 11 is 0. The number of hydrogen-bond donors (Lipinski definition) is 1. The fraction of sp³-hybridized carbons (Fsp3) is 0.538. The molecule has 1 aromatic heterocycles. The molecular weight excluding hydrogens is 258 g/mol. The van der Waals surface area contributed by atoms with E-state index < -0.39 is 11.8 Å². The second-order valence-electron chi connectivity index (χ2n) is 4.41. The molecule has 0 aromatic carbocycles. The van der Waals surface area contributed by atoms with E-state index in [1.54, 1.807) is 24.7 Å². The second kappa shape index (κ2) is 7.28. The van der Waals surface area contributed by atoms with Crippen molar-refractivity contribution >= 4 is 17.5 Å². The lowest BCUT2D eigenvalue weighted by atomic mass is 10.2. The Hall–Kier alpha value is -2.36. The Labute approximate surface area is 118 Å². The summed E-state index contributed by atoms with van der Waals surface area (Å²) in [6, 6.07) is 2.05. The molecule has 0 bridgehead atoms.